The number of hydrogen-bond acceptors (Lipinski definition) is 5. The monoisotopic (exact) mass is 510 g/mol. The van der Waals surface area contributed by atoms with Crippen LogP contribution in [0, 0.1) is 0 Å². The summed E-state index contributed by atoms with van der Waals surface area (Å²) in [6.45, 7) is 0. The molecule has 0 aliphatic heterocycles. The van der Waals surface area contributed by atoms with Crippen LogP contribution in [0.4, 0.5) is 5.69 Å². The van der Waals surface area contributed by atoms with Gasteiger partial charge in [0.2, 0.25) is 5.91 Å². The normalized spacial score (nSPS) is 11.1. The lowest BCUT2D eigenvalue weighted by atomic mass is 10.1. The van der Waals surface area contributed by atoms with Crippen molar-refractivity contribution in [3.63, 3.8) is 0 Å². The Morgan fingerprint density at radius 1 is 0.939 bits per heavy atom. The van der Waals surface area contributed by atoms with Gasteiger partial charge in [-0.1, -0.05) is 59.2 Å². The van der Waals surface area contributed by atoms with Gasteiger partial charge in [0.25, 0.3) is 0 Å². The predicted octanol–water partition coefficient (Wildman–Crippen LogP) is 7.39. The quantitative estimate of drug-likeness (QED) is 0.233. The first-order valence-corrected chi connectivity index (χ1v) is 12.6. The van der Waals surface area contributed by atoms with Crippen LogP contribution in [0.15, 0.2) is 77.3 Å². The first-order valence-electron chi connectivity index (χ1n) is 9.93. The van der Waals surface area contributed by atoms with E-state index in [2.05, 4.69) is 15.3 Å². The van der Waals surface area contributed by atoms with Crippen molar-refractivity contribution in [3.05, 3.63) is 82.2 Å². The van der Waals surface area contributed by atoms with Gasteiger partial charge in [-0.3, -0.25) is 4.79 Å². The Bertz CT molecular complexity index is 1430. The Kier molecular flexibility index (Phi) is 6.37. The number of thiazole rings is 1. The minimum Gasteiger partial charge on any atom is -0.333 e. The van der Waals surface area contributed by atoms with Crippen LogP contribution in [0.2, 0.25) is 10.0 Å². The highest BCUT2D eigenvalue weighted by atomic mass is 35.5. The molecule has 5 aromatic rings. The number of imidazole rings is 1. The first kappa shape index (κ1) is 22.0. The highest BCUT2D eigenvalue weighted by molar-refractivity contribution is 7.99. The summed E-state index contributed by atoms with van der Waals surface area (Å²) >= 11 is 14.9. The van der Waals surface area contributed by atoms with Crippen LogP contribution in [0.5, 0.6) is 0 Å². The maximum Gasteiger partial charge on any atom is 0.234 e. The SMILES string of the molecule is O=C(CSc1nc2ccc(Cl)cc2[nH]1)Nc1ccc(-c2csc(-c3ccc(Cl)cc3)n2)cc1. The third-order valence-electron chi connectivity index (χ3n) is 4.82. The molecule has 2 N–H and O–H groups in total. The van der Waals surface area contributed by atoms with Crippen LogP contribution in [-0.2, 0) is 4.79 Å². The van der Waals surface area contributed by atoms with E-state index in [9.17, 15) is 4.79 Å². The topological polar surface area (TPSA) is 70.7 Å². The summed E-state index contributed by atoms with van der Waals surface area (Å²) in [5.41, 5.74) is 5.31. The van der Waals surface area contributed by atoms with Crippen molar-refractivity contribution >= 4 is 68.9 Å². The van der Waals surface area contributed by atoms with E-state index in [1.165, 1.54) is 11.8 Å². The minimum absolute atomic E-state index is 0.107. The second-order valence-electron chi connectivity index (χ2n) is 7.16. The van der Waals surface area contributed by atoms with E-state index in [1.54, 1.807) is 17.4 Å². The summed E-state index contributed by atoms with van der Waals surface area (Å²) in [6.07, 6.45) is 0. The van der Waals surface area contributed by atoms with Crippen LogP contribution in [0.3, 0.4) is 0 Å². The van der Waals surface area contributed by atoms with E-state index >= 15 is 0 Å². The van der Waals surface area contributed by atoms with Crippen LogP contribution in [-0.4, -0.2) is 26.6 Å². The molecule has 0 unspecified atom stereocenters. The average molecular weight is 511 g/mol. The van der Waals surface area contributed by atoms with E-state index < -0.39 is 0 Å². The zero-order valence-electron chi connectivity index (χ0n) is 17.0. The lowest BCUT2D eigenvalue weighted by molar-refractivity contribution is -0.113. The lowest BCUT2D eigenvalue weighted by Crippen LogP contribution is -2.14. The largest absolute Gasteiger partial charge is 0.333 e. The van der Waals surface area contributed by atoms with Gasteiger partial charge in [0.15, 0.2) is 5.16 Å². The van der Waals surface area contributed by atoms with Crippen molar-refractivity contribution in [2.45, 2.75) is 5.16 Å². The minimum atomic E-state index is -0.107. The second-order valence-corrected chi connectivity index (χ2v) is 9.86. The number of aromatic nitrogens is 3. The zero-order valence-corrected chi connectivity index (χ0v) is 20.2. The van der Waals surface area contributed by atoms with E-state index in [1.807, 2.05) is 66.0 Å². The molecule has 0 radical (unpaired) electrons. The molecule has 1 amide bonds. The maximum absolute atomic E-state index is 12.4. The Morgan fingerprint density at radius 2 is 1.67 bits per heavy atom. The molecule has 0 spiro atoms. The van der Waals surface area contributed by atoms with Gasteiger partial charge in [0, 0.05) is 32.2 Å². The van der Waals surface area contributed by atoms with Crippen molar-refractivity contribution in [3.8, 4) is 21.8 Å². The summed E-state index contributed by atoms with van der Waals surface area (Å²) < 4.78 is 0. The molecule has 0 bridgehead atoms. The first-order chi connectivity index (χ1) is 16.0. The smallest absolute Gasteiger partial charge is 0.234 e. The molecule has 5 rings (SSSR count). The number of nitrogens with zero attached hydrogens (tertiary/aromatic N) is 2. The highest BCUT2D eigenvalue weighted by Crippen LogP contribution is 2.30. The number of nitrogens with one attached hydrogen (secondary N) is 2. The molecule has 164 valence electrons. The fourth-order valence-corrected chi connectivity index (χ4v) is 5.03. The number of carbonyl (C=O) groups is 1. The number of rotatable bonds is 6. The molecule has 0 saturated heterocycles. The van der Waals surface area contributed by atoms with E-state index in [-0.39, 0.29) is 11.7 Å². The Balaban J connectivity index is 1.19. The highest BCUT2D eigenvalue weighted by Gasteiger charge is 2.10. The van der Waals surface area contributed by atoms with Crippen LogP contribution in [0.25, 0.3) is 32.9 Å². The van der Waals surface area contributed by atoms with Gasteiger partial charge in [0.1, 0.15) is 5.01 Å². The van der Waals surface area contributed by atoms with Gasteiger partial charge >= 0.3 is 0 Å². The third kappa shape index (κ3) is 5.23. The Morgan fingerprint density at radius 3 is 2.45 bits per heavy atom. The van der Waals surface area contributed by atoms with Crippen molar-refractivity contribution in [1.29, 1.82) is 0 Å². The summed E-state index contributed by atoms with van der Waals surface area (Å²) in [6, 6.07) is 20.7. The number of halogens is 2. The second kappa shape index (κ2) is 9.57. The number of thioether (sulfide) groups is 1. The maximum atomic E-state index is 12.4. The third-order valence-corrected chi connectivity index (χ3v) is 7.07. The molecule has 5 nitrogen and oxygen atoms in total. The molecule has 3 aromatic carbocycles. The Hall–Kier alpha value is -2.84. The van der Waals surface area contributed by atoms with E-state index in [0.717, 1.165) is 38.5 Å². The molecular formula is C24H16Cl2N4OS2. The van der Waals surface area contributed by atoms with Crippen molar-refractivity contribution in [2.75, 3.05) is 11.1 Å². The lowest BCUT2D eigenvalue weighted by Gasteiger charge is -2.05. The molecule has 33 heavy (non-hydrogen) atoms. The summed E-state index contributed by atoms with van der Waals surface area (Å²) in [5, 5.41) is 7.90. The standard InChI is InChI=1S/C24H16Cl2N4OS2/c25-16-5-1-15(2-6-16)23-28-21(12-32-23)14-3-8-18(9-4-14)27-22(31)13-33-24-29-19-10-7-17(26)11-20(19)30-24/h1-12H,13H2,(H,27,31)(H,29,30). The van der Waals surface area contributed by atoms with Gasteiger partial charge < -0.3 is 10.3 Å². The zero-order chi connectivity index (χ0) is 22.8. The van der Waals surface area contributed by atoms with Crippen molar-refractivity contribution < 1.29 is 4.79 Å². The van der Waals surface area contributed by atoms with Crippen LogP contribution >= 0.6 is 46.3 Å². The van der Waals surface area contributed by atoms with Crippen LogP contribution < -0.4 is 5.32 Å². The fraction of sp³-hybridized carbons (Fsp3) is 0.0417. The molecule has 0 aliphatic carbocycles. The number of anilines is 1. The van der Waals surface area contributed by atoms with Crippen LogP contribution in [0.1, 0.15) is 0 Å². The summed E-state index contributed by atoms with van der Waals surface area (Å²) in [5.74, 6) is 0.135. The number of aromatic amines is 1. The van der Waals surface area contributed by atoms with Gasteiger partial charge in [0.05, 0.1) is 22.5 Å². The van der Waals surface area contributed by atoms with Gasteiger partial charge in [-0.15, -0.1) is 11.3 Å². The predicted molar refractivity (Wildman–Crippen MR) is 138 cm³/mol. The van der Waals surface area contributed by atoms with E-state index in [0.29, 0.717) is 15.2 Å². The molecule has 0 aliphatic rings. The molecule has 0 fully saturated rings. The van der Waals surface area contributed by atoms with Crippen molar-refractivity contribution in [2.24, 2.45) is 0 Å². The molecule has 2 aromatic heterocycles. The number of amides is 1. The molecular weight excluding hydrogens is 495 g/mol. The average Bonchev–Trinajstić information content (AvgIpc) is 3.46. The summed E-state index contributed by atoms with van der Waals surface area (Å²) in [4.78, 5) is 24.7. The molecule has 0 atom stereocenters. The number of H-pyrrole nitrogens is 1. The number of fused-ring (bicyclic) bond motifs is 1. The van der Waals surface area contributed by atoms with E-state index in [4.69, 9.17) is 28.2 Å². The number of benzene rings is 3. The molecule has 0 saturated carbocycles. The van der Waals surface area contributed by atoms with Crippen molar-refractivity contribution in [1.82, 2.24) is 15.0 Å². The number of hydrogen-bond donors (Lipinski definition) is 2. The van der Waals surface area contributed by atoms with Gasteiger partial charge in [-0.05, 0) is 42.5 Å². The molecule has 2 heterocycles. The van der Waals surface area contributed by atoms with Gasteiger partial charge in [-0.2, -0.15) is 0 Å². The fourth-order valence-electron chi connectivity index (χ4n) is 3.21. The summed E-state index contributed by atoms with van der Waals surface area (Å²) in [7, 11) is 0. The molecule has 9 heteroatoms. The Labute approximate surface area is 208 Å². The number of carbonyl (C=O) groups excluding carboxylic acids is 1. The van der Waals surface area contributed by atoms with Gasteiger partial charge in [-0.25, -0.2) is 9.97 Å².